The van der Waals surface area contributed by atoms with Gasteiger partial charge in [-0.15, -0.1) is 0 Å². The highest BCUT2D eigenvalue weighted by Crippen LogP contribution is 2.36. The Morgan fingerprint density at radius 1 is 1.38 bits per heavy atom. The molecule has 1 aliphatic carbocycles. The Labute approximate surface area is 124 Å². The molecule has 6 nitrogen and oxygen atoms in total. The first-order valence-electron chi connectivity index (χ1n) is 7.40. The minimum absolute atomic E-state index is 0.102. The van der Waals surface area contributed by atoms with Gasteiger partial charge in [0.1, 0.15) is 0 Å². The Hall–Kier alpha value is -1.69. The first-order valence-corrected chi connectivity index (χ1v) is 7.40. The van der Waals surface area contributed by atoms with Crippen molar-refractivity contribution >= 4 is 5.91 Å². The van der Waals surface area contributed by atoms with Crippen LogP contribution in [0, 0.1) is 19.3 Å². The van der Waals surface area contributed by atoms with E-state index in [0.717, 1.165) is 31.2 Å². The normalized spacial score (nSPS) is 16.9. The third-order valence-corrected chi connectivity index (χ3v) is 4.45. The average Bonchev–Trinajstić information content (AvgIpc) is 2.90. The van der Waals surface area contributed by atoms with Crippen molar-refractivity contribution in [3.05, 3.63) is 27.4 Å². The summed E-state index contributed by atoms with van der Waals surface area (Å²) in [6.07, 6.45) is 4.34. The van der Waals surface area contributed by atoms with E-state index < -0.39 is 0 Å². The van der Waals surface area contributed by atoms with Crippen LogP contribution in [0.25, 0.3) is 0 Å². The number of carbonyl (C=O) groups excluding carboxylic acids is 1. The van der Waals surface area contributed by atoms with Gasteiger partial charge in [-0.3, -0.25) is 4.79 Å². The zero-order valence-corrected chi connectivity index (χ0v) is 12.7. The lowest BCUT2D eigenvalue weighted by molar-refractivity contribution is -0.121. The predicted octanol–water partition coefficient (Wildman–Crippen LogP) is 0.598. The van der Waals surface area contributed by atoms with Gasteiger partial charge in [-0.25, -0.2) is 4.79 Å². The number of aliphatic hydroxyl groups is 1. The van der Waals surface area contributed by atoms with Gasteiger partial charge < -0.3 is 15.4 Å². The Morgan fingerprint density at radius 3 is 2.62 bits per heavy atom. The standard InChI is InChI=1S/C15H23N3O3/c1-10-12(11(2)18-14(21)17-10)7-13(20)16-8-15(9-19)5-3-4-6-15/h19H,3-9H2,1-2H3,(H,16,20)(H,17,18,21). The summed E-state index contributed by atoms with van der Waals surface area (Å²) < 4.78 is 0. The molecule has 1 amide bonds. The maximum atomic E-state index is 12.1. The number of aromatic amines is 1. The molecule has 0 aromatic carbocycles. The number of aliphatic hydroxyl groups excluding tert-OH is 1. The van der Waals surface area contributed by atoms with Crippen LogP contribution >= 0.6 is 0 Å². The van der Waals surface area contributed by atoms with Crippen molar-refractivity contribution in [2.75, 3.05) is 13.2 Å². The smallest absolute Gasteiger partial charge is 0.345 e. The predicted molar refractivity (Wildman–Crippen MR) is 79.0 cm³/mol. The van der Waals surface area contributed by atoms with Crippen LogP contribution in [0.15, 0.2) is 4.79 Å². The van der Waals surface area contributed by atoms with E-state index in [0.29, 0.717) is 17.9 Å². The highest BCUT2D eigenvalue weighted by Gasteiger charge is 2.33. The van der Waals surface area contributed by atoms with Gasteiger partial charge in [0, 0.05) is 28.9 Å². The summed E-state index contributed by atoms with van der Waals surface area (Å²) >= 11 is 0. The number of carbonyl (C=O) groups is 1. The van der Waals surface area contributed by atoms with Crippen molar-refractivity contribution in [3.63, 3.8) is 0 Å². The van der Waals surface area contributed by atoms with Gasteiger partial charge in [0.25, 0.3) is 0 Å². The summed E-state index contributed by atoms with van der Waals surface area (Å²) in [5.41, 5.74) is 1.49. The molecule has 0 radical (unpaired) electrons. The highest BCUT2D eigenvalue weighted by atomic mass is 16.3. The Bertz CT molecular complexity index is 548. The van der Waals surface area contributed by atoms with Gasteiger partial charge in [-0.1, -0.05) is 12.8 Å². The van der Waals surface area contributed by atoms with E-state index in [1.165, 1.54) is 0 Å². The number of nitrogens with one attached hydrogen (secondary N) is 2. The molecule has 3 N–H and O–H groups in total. The van der Waals surface area contributed by atoms with Gasteiger partial charge in [-0.05, 0) is 26.7 Å². The third kappa shape index (κ3) is 3.69. The molecule has 6 heteroatoms. The molecule has 116 valence electrons. The summed E-state index contributed by atoms with van der Waals surface area (Å²) in [4.78, 5) is 29.8. The fourth-order valence-electron chi connectivity index (χ4n) is 3.04. The lowest BCUT2D eigenvalue weighted by atomic mass is 9.87. The van der Waals surface area contributed by atoms with Crippen LogP contribution < -0.4 is 11.0 Å². The summed E-state index contributed by atoms with van der Waals surface area (Å²) in [6, 6.07) is 0. The van der Waals surface area contributed by atoms with E-state index in [2.05, 4.69) is 15.3 Å². The van der Waals surface area contributed by atoms with Gasteiger partial charge in [-0.2, -0.15) is 4.98 Å². The van der Waals surface area contributed by atoms with E-state index in [9.17, 15) is 14.7 Å². The molecular weight excluding hydrogens is 270 g/mol. The zero-order valence-electron chi connectivity index (χ0n) is 12.7. The zero-order chi connectivity index (χ0) is 15.5. The number of H-pyrrole nitrogens is 1. The maximum absolute atomic E-state index is 12.1. The van der Waals surface area contributed by atoms with Crippen LogP contribution in [-0.4, -0.2) is 34.1 Å². The first-order chi connectivity index (χ1) is 9.96. The fraction of sp³-hybridized carbons (Fsp3) is 0.667. The molecule has 0 bridgehead atoms. The molecule has 21 heavy (non-hydrogen) atoms. The number of aromatic nitrogens is 2. The second-order valence-electron chi connectivity index (χ2n) is 6.05. The van der Waals surface area contributed by atoms with E-state index in [1.54, 1.807) is 13.8 Å². The van der Waals surface area contributed by atoms with E-state index in [1.807, 2.05) is 0 Å². The van der Waals surface area contributed by atoms with E-state index >= 15 is 0 Å². The minimum Gasteiger partial charge on any atom is -0.396 e. The van der Waals surface area contributed by atoms with Gasteiger partial charge >= 0.3 is 5.69 Å². The molecule has 0 atom stereocenters. The summed E-state index contributed by atoms with van der Waals surface area (Å²) in [5, 5.41) is 12.5. The van der Waals surface area contributed by atoms with Crippen molar-refractivity contribution in [1.29, 1.82) is 0 Å². The number of amides is 1. The van der Waals surface area contributed by atoms with Crippen LogP contribution in [0.4, 0.5) is 0 Å². The van der Waals surface area contributed by atoms with Crippen LogP contribution in [0.5, 0.6) is 0 Å². The SMILES string of the molecule is Cc1nc(=O)[nH]c(C)c1CC(=O)NCC1(CO)CCCC1. The largest absolute Gasteiger partial charge is 0.396 e. The molecular formula is C15H23N3O3. The molecule has 2 rings (SSSR count). The summed E-state index contributed by atoms with van der Waals surface area (Å²) in [5.74, 6) is -0.102. The van der Waals surface area contributed by atoms with Crippen LogP contribution in [0.1, 0.15) is 42.6 Å². The monoisotopic (exact) mass is 293 g/mol. The van der Waals surface area contributed by atoms with Crippen molar-refractivity contribution in [2.24, 2.45) is 5.41 Å². The highest BCUT2D eigenvalue weighted by molar-refractivity contribution is 5.79. The average molecular weight is 293 g/mol. The Balaban J connectivity index is 1.98. The van der Waals surface area contributed by atoms with Gasteiger partial charge in [0.15, 0.2) is 0 Å². The van der Waals surface area contributed by atoms with Crippen LogP contribution in [0.3, 0.4) is 0 Å². The number of nitrogens with zero attached hydrogens (tertiary/aromatic N) is 1. The Morgan fingerprint density at radius 2 is 2.05 bits per heavy atom. The molecule has 1 fully saturated rings. The Kier molecular flexibility index (Phi) is 4.77. The van der Waals surface area contributed by atoms with Crippen molar-refractivity contribution in [1.82, 2.24) is 15.3 Å². The fourth-order valence-corrected chi connectivity index (χ4v) is 3.04. The second kappa shape index (κ2) is 6.39. The summed E-state index contributed by atoms with van der Waals surface area (Å²) in [6.45, 7) is 4.13. The topological polar surface area (TPSA) is 95.1 Å². The van der Waals surface area contributed by atoms with Crippen LogP contribution in [-0.2, 0) is 11.2 Å². The molecule has 0 aliphatic heterocycles. The molecule has 1 aromatic rings. The molecule has 0 spiro atoms. The van der Waals surface area contributed by atoms with E-state index in [-0.39, 0.29) is 30.0 Å². The van der Waals surface area contributed by atoms with Gasteiger partial charge in [0.2, 0.25) is 5.91 Å². The van der Waals surface area contributed by atoms with Gasteiger partial charge in [0.05, 0.1) is 13.0 Å². The lowest BCUT2D eigenvalue weighted by Crippen LogP contribution is -2.39. The van der Waals surface area contributed by atoms with Crippen LogP contribution in [0.2, 0.25) is 0 Å². The molecule has 0 saturated heterocycles. The molecule has 1 saturated carbocycles. The lowest BCUT2D eigenvalue weighted by Gasteiger charge is -2.26. The number of hydrogen-bond donors (Lipinski definition) is 3. The minimum atomic E-state index is -0.389. The number of rotatable bonds is 5. The quantitative estimate of drug-likeness (QED) is 0.741. The van der Waals surface area contributed by atoms with Crippen molar-refractivity contribution in [3.8, 4) is 0 Å². The number of hydrogen-bond acceptors (Lipinski definition) is 4. The molecule has 1 aromatic heterocycles. The molecule has 1 heterocycles. The molecule has 1 aliphatic rings. The van der Waals surface area contributed by atoms with Crippen molar-refractivity contribution in [2.45, 2.75) is 46.0 Å². The molecule has 0 unspecified atom stereocenters. The van der Waals surface area contributed by atoms with Crippen molar-refractivity contribution < 1.29 is 9.90 Å². The first kappa shape index (κ1) is 15.7. The van der Waals surface area contributed by atoms with E-state index in [4.69, 9.17) is 0 Å². The number of aryl methyl sites for hydroxylation is 2. The summed E-state index contributed by atoms with van der Waals surface area (Å²) in [7, 11) is 0. The third-order valence-electron chi connectivity index (χ3n) is 4.45. The second-order valence-corrected chi connectivity index (χ2v) is 6.05. The maximum Gasteiger partial charge on any atom is 0.345 e.